The van der Waals surface area contributed by atoms with Gasteiger partial charge in [0.25, 0.3) is 0 Å². The molecular weight excluding hydrogens is 232 g/mol. The van der Waals surface area contributed by atoms with Gasteiger partial charge >= 0.3 is 0 Å². The van der Waals surface area contributed by atoms with E-state index in [-0.39, 0.29) is 5.54 Å². The highest BCUT2D eigenvalue weighted by molar-refractivity contribution is 5.02. The number of nitrogens with two attached hydrogens (primary N) is 1. The van der Waals surface area contributed by atoms with Crippen molar-refractivity contribution in [3.63, 3.8) is 0 Å². The summed E-state index contributed by atoms with van der Waals surface area (Å²) in [5.74, 6) is 2.20. The van der Waals surface area contributed by atoms with Crippen LogP contribution in [0.5, 0.6) is 0 Å². The van der Waals surface area contributed by atoms with Gasteiger partial charge in [0.15, 0.2) is 0 Å². The first kappa shape index (κ1) is 17.0. The smallest absolute Gasteiger partial charge is 0.0365 e. The Balaban J connectivity index is 3.07. The minimum absolute atomic E-state index is 0.241. The van der Waals surface area contributed by atoms with Crippen LogP contribution in [0.4, 0.5) is 0 Å². The summed E-state index contributed by atoms with van der Waals surface area (Å²) in [6.45, 7) is 16.1. The molecule has 1 rings (SSSR count). The van der Waals surface area contributed by atoms with Crippen molar-refractivity contribution in [3.05, 3.63) is 0 Å². The van der Waals surface area contributed by atoms with Crippen LogP contribution in [0.25, 0.3) is 0 Å². The minimum atomic E-state index is 0.241. The average Bonchev–Trinajstić information content (AvgIpc) is 2.35. The van der Waals surface area contributed by atoms with E-state index in [4.69, 9.17) is 5.73 Å². The molecule has 1 aliphatic carbocycles. The molecular formula is C17H36N2. The van der Waals surface area contributed by atoms with Crippen LogP contribution in [0.15, 0.2) is 0 Å². The van der Waals surface area contributed by atoms with Crippen molar-refractivity contribution in [1.29, 1.82) is 0 Å². The van der Waals surface area contributed by atoms with E-state index < -0.39 is 0 Å². The van der Waals surface area contributed by atoms with Crippen LogP contribution in [-0.2, 0) is 0 Å². The summed E-state index contributed by atoms with van der Waals surface area (Å²) >= 11 is 0. The number of hydrogen-bond acceptors (Lipinski definition) is 2. The number of hydrogen-bond donors (Lipinski definition) is 1. The molecule has 0 aliphatic heterocycles. The zero-order valence-electron chi connectivity index (χ0n) is 14.1. The molecule has 1 fully saturated rings. The monoisotopic (exact) mass is 268 g/mol. The molecule has 2 heteroatoms. The Kier molecular flexibility index (Phi) is 6.32. The van der Waals surface area contributed by atoms with E-state index in [1.54, 1.807) is 0 Å². The Bertz CT molecular complexity index is 260. The minimum Gasteiger partial charge on any atom is -0.329 e. The van der Waals surface area contributed by atoms with Gasteiger partial charge < -0.3 is 5.73 Å². The van der Waals surface area contributed by atoms with Crippen molar-refractivity contribution in [3.8, 4) is 0 Å². The molecule has 0 saturated heterocycles. The highest BCUT2D eigenvalue weighted by atomic mass is 15.2. The van der Waals surface area contributed by atoms with E-state index in [1.165, 1.54) is 32.2 Å². The average molecular weight is 268 g/mol. The van der Waals surface area contributed by atoms with Gasteiger partial charge in [0.2, 0.25) is 0 Å². The zero-order valence-corrected chi connectivity index (χ0v) is 14.1. The van der Waals surface area contributed by atoms with Crippen LogP contribution in [0.3, 0.4) is 0 Å². The summed E-state index contributed by atoms with van der Waals surface area (Å²) in [6.07, 6.45) is 5.38. The largest absolute Gasteiger partial charge is 0.329 e. The Hall–Kier alpha value is -0.0800. The third kappa shape index (κ3) is 3.72. The number of nitrogens with zero attached hydrogens (tertiary/aromatic N) is 1. The lowest BCUT2D eigenvalue weighted by molar-refractivity contribution is -0.0393. The van der Waals surface area contributed by atoms with Gasteiger partial charge in [-0.25, -0.2) is 0 Å². The molecule has 0 aromatic heterocycles. The van der Waals surface area contributed by atoms with E-state index in [9.17, 15) is 0 Å². The molecule has 1 aliphatic rings. The Labute approximate surface area is 121 Å². The fourth-order valence-electron chi connectivity index (χ4n) is 4.23. The van der Waals surface area contributed by atoms with Gasteiger partial charge in [-0.2, -0.15) is 0 Å². The Morgan fingerprint density at radius 2 is 1.74 bits per heavy atom. The predicted octanol–water partition coefficient (Wildman–Crippen LogP) is 3.90. The highest BCUT2D eigenvalue weighted by Gasteiger charge is 2.46. The van der Waals surface area contributed by atoms with Crippen LogP contribution < -0.4 is 5.73 Å². The van der Waals surface area contributed by atoms with Crippen molar-refractivity contribution in [1.82, 2.24) is 4.90 Å². The molecule has 114 valence electrons. The summed E-state index contributed by atoms with van der Waals surface area (Å²) in [5.41, 5.74) is 6.58. The van der Waals surface area contributed by atoms with Crippen molar-refractivity contribution < 1.29 is 0 Å². The third-order valence-corrected chi connectivity index (χ3v) is 4.98. The molecule has 0 amide bonds. The molecule has 2 N–H and O–H groups in total. The molecule has 2 nitrogen and oxygen atoms in total. The second-order valence-corrected chi connectivity index (χ2v) is 7.54. The molecule has 0 aromatic carbocycles. The van der Waals surface area contributed by atoms with Crippen LogP contribution >= 0.6 is 0 Å². The molecule has 0 spiro atoms. The molecule has 0 bridgehead atoms. The summed E-state index contributed by atoms with van der Waals surface area (Å²) in [7, 11) is 0. The summed E-state index contributed by atoms with van der Waals surface area (Å²) in [6, 6.07) is 0.588. The van der Waals surface area contributed by atoms with Gasteiger partial charge in [0.1, 0.15) is 0 Å². The van der Waals surface area contributed by atoms with Crippen LogP contribution in [-0.4, -0.2) is 29.6 Å². The molecule has 0 radical (unpaired) electrons. The van der Waals surface area contributed by atoms with Crippen molar-refractivity contribution in [2.45, 2.75) is 78.8 Å². The number of rotatable bonds is 6. The first-order valence-electron chi connectivity index (χ1n) is 8.32. The van der Waals surface area contributed by atoms with Gasteiger partial charge in [0, 0.05) is 24.7 Å². The maximum atomic E-state index is 6.34. The topological polar surface area (TPSA) is 29.3 Å². The van der Waals surface area contributed by atoms with Gasteiger partial charge in [-0.3, -0.25) is 4.90 Å². The van der Waals surface area contributed by atoms with Crippen LogP contribution in [0, 0.1) is 17.8 Å². The summed E-state index contributed by atoms with van der Waals surface area (Å²) < 4.78 is 0. The first-order chi connectivity index (χ1) is 8.85. The van der Waals surface area contributed by atoms with Crippen molar-refractivity contribution >= 4 is 0 Å². The second kappa shape index (κ2) is 7.08. The van der Waals surface area contributed by atoms with Crippen molar-refractivity contribution in [2.24, 2.45) is 23.5 Å². The molecule has 2 atom stereocenters. The quantitative estimate of drug-likeness (QED) is 0.791. The lowest BCUT2D eigenvalue weighted by atomic mass is 9.66. The fraction of sp³-hybridized carbons (Fsp3) is 1.00. The molecule has 1 saturated carbocycles. The van der Waals surface area contributed by atoms with Crippen molar-refractivity contribution in [2.75, 3.05) is 13.1 Å². The summed E-state index contributed by atoms with van der Waals surface area (Å²) in [4.78, 5) is 2.74. The van der Waals surface area contributed by atoms with Gasteiger partial charge in [-0.15, -0.1) is 0 Å². The maximum Gasteiger partial charge on any atom is 0.0365 e. The molecule has 2 unspecified atom stereocenters. The highest BCUT2D eigenvalue weighted by Crippen LogP contribution is 2.43. The van der Waals surface area contributed by atoms with E-state index in [2.05, 4.69) is 46.4 Å². The molecule has 0 heterocycles. The first-order valence-corrected chi connectivity index (χ1v) is 8.32. The standard InChI is InChI=1S/C17H36N2/c1-13(2)11-19(15(5)6)17(12-18)10-8-7-9-16(17)14(3)4/h13-16H,7-12,18H2,1-6H3. The normalized spacial score (nSPS) is 28.9. The van der Waals surface area contributed by atoms with Gasteiger partial charge in [-0.05, 0) is 44.4 Å². The van der Waals surface area contributed by atoms with E-state index in [1.807, 2.05) is 0 Å². The van der Waals surface area contributed by atoms with Gasteiger partial charge in [-0.1, -0.05) is 40.5 Å². The lowest BCUT2D eigenvalue weighted by Gasteiger charge is -2.55. The predicted molar refractivity (Wildman–Crippen MR) is 85.3 cm³/mol. The Morgan fingerprint density at radius 3 is 2.16 bits per heavy atom. The Morgan fingerprint density at radius 1 is 1.11 bits per heavy atom. The van der Waals surface area contributed by atoms with E-state index in [0.717, 1.165) is 18.4 Å². The summed E-state index contributed by atoms with van der Waals surface area (Å²) in [5, 5.41) is 0. The van der Waals surface area contributed by atoms with Crippen LogP contribution in [0.2, 0.25) is 0 Å². The van der Waals surface area contributed by atoms with E-state index >= 15 is 0 Å². The molecule has 19 heavy (non-hydrogen) atoms. The zero-order chi connectivity index (χ0) is 14.6. The maximum absolute atomic E-state index is 6.34. The molecule has 0 aromatic rings. The van der Waals surface area contributed by atoms with E-state index in [0.29, 0.717) is 12.0 Å². The SMILES string of the molecule is CC(C)CN(C(C)C)C1(CN)CCCCC1C(C)C. The lowest BCUT2D eigenvalue weighted by Crippen LogP contribution is -2.63. The third-order valence-electron chi connectivity index (χ3n) is 4.98. The fourth-order valence-corrected chi connectivity index (χ4v) is 4.23. The second-order valence-electron chi connectivity index (χ2n) is 7.54. The van der Waals surface area contributed by atoms with Crippen LogP contribution in [0.1, 0.15) is 67.2 Å². The van der Waals surface area contributed by atoms with Gasteiger partial charge in [0.05, 0.1) is 0 Å².